The number of carbonyl (C=O) groups excluding carboxylic acids is 1. The van der Waals surface area contributed by atoms with E-state index in [1.54, 1.807) is 0 Å². The molecule has 2 N–H and O–H groups in total. The lowest BCUT2D eigenvalue weighted by Crippen LogP contribution is -2.26. The van der Waals surface area contributed by atoms with Crippen LogP contribution in [0.5, 0.6) is 0 Å². The lowest BCUT2D eigenvalue weighted by molar-refractivity contribution is 0.0953. The number of amides is 1. The molecule has 0 aliphatic heterocycles. The average Bonchev–Trinajstić information content (AvgIpc) is 2.70. The van der Waals surface area contributed by atoms with E-state index in [-0.39, 0.29) is 5.91 Å². The summed E-state index contributed by atoms with van der Waals surface area (Å²) in [5.74, 6) is 0.264. The number of nitrogens with zero attached hydrogens (tertiary/aromatic N) is 2. The summed E-state index contributed by atoms with van der Waals surface area (Å²) in [4.78, 5) is 20.6. The highest BCUT2D eigenvalue weighted by Crippen LogP contribution is 2.14. The number of halogens is 1. The number of hydrogen-bond acceptors (Lipinski definition) is 4. The third-order valence-corrected chi connectivity index (χ3v) is 4.40. The first kappa shape index (κ1) is 18.9. The zero-order valence-corrected chi connectivity index (χ0v) is 15.8. The summed E-state index contributed by atoms with van der Waals surface area (Å²) >= 11 is 5.86. The van der Waals surface area contributed by atoms with Crippen LogP contribution in [-0.4, -0.2) is 22.4 Å². The van der Waals surface area contributed by atoms with E-state index < -0.39 is 0 Å². The first-order valence-corrected chi connectivity index (χ1v) is 9.22. The fourth-order valence-electron chi connectivity index (χ4n) is 2.54. The molecule has 0 saturated carbocycles. The Bertz CT molecular complexity index is 878. The fraction of sp³-hybridized carbons (Fsp3) is 0.190. The zero-order valence-electron chi connectivity index (χ0n) is 15.1. The van der Waals surface area contributed by atoms with E-state index in [0.29, 0.717) is 23.1 Å². The van der Waals surface area contributed by atoms with Crippen molar-refractivity contribution in [1.82, 2.24) is 15.3 Å². The van der Waals surface area contributed by atoms with E-state index in [1.807, 2.05) is 36.4 Å². The van der Waals surface area contributed by atoms with Gasteiger partial charge in [-0.1, -0.05) is 42.8 Å². The molecule has 0 aliphatic rings. The van der Waals surface area contributed by atoms with Gasteiger partial charge in [0.2, 0.25) is 5.95 Å². The molecule has 1 aromatic heterocycles. The first-order valence-electron chi connectivity index (χ1n) is 8.84. The number of hydrogen-bond donors (Lipinski definition) is 2. The maximum atomic E-state index is 12.2. The minimum atomic E-state index is -0.192. The van der Waals surface area contributed by atoms with Gasteiger partial charge in [-0.3, -0.25) is 4.79 Å². The molecule has 0 aliphatic carbocycles. The molecule has 1 amide bonds. The summed E-state index contributed by atoms with van der Waals surface area (Å²) in [6, 6.07) is 15.7. The molecule has 0 bridgehead atoms. The summed E-state index contributed by atoms with van der Waals surface area (Å²) in [6.07, 6.45) is 4.77. The fourth-order valence-corrected chi connectivity index (χ4v) is 2.66. The molecule has 0 saturated heterocycles. The van der Waals surface area contributed by atoms with Gasteiger partial charge in [0, 0.05) is 29.6 Å². The van der Waals surface area contributed by atoms with Crippen molar-refractivity contribution in [3.63, 3.8) is 0 Å². The van der Waals surface area contributed by atoms with Crippen LogP contribution in [0.25, 0.3) is 0 Å². The summed E-state index contributed by atoms with van der Waals surface area (Å²) in [5, 5.41) is 6.70. The van der Waals surface area contributed by atoms with Gasteiger partial charge in [0.15, 0.2) is 0 Å². The minimum absolute atomic E-state index is 0.192. The highest BCUT2D eigenvalue weighted by molar-refractivity contribution is 6.30. The monoisotopic (exact) mass is 380 g/mol. The van der Waals surface area contributed by atoms with E-state index in [2.05, 4.69) is 39.7 Å². The van der Waals surface area contributed by atoms with Gasteiger partial charge < -0.3 is 10.6 Å². The quantitative estimate of drug-likeness (QED) is 0.637. The standard InChI is InChI=1S/C21H21ClN4O/c1-2-15-5-9-19(10-6-15)26-21-24-13-17(14-25-21)20(27)23-12-11-16-3-7-18(22)8-4-16/h3-10,13-14H,2,11-12H2,1H3,(H,23,27)(H,24,25,26). The molecule has 0 atom stereocenters. The van der Waals surface area contributed by atoms with Crippen molar-refractivity contribution in [2.75, 3.05) is 11.9 Å². The van der Waals surface area contributed by atoms with Crippen LogP contribution in [0.1, 0.15) is 28.4 Å². The molecule has 0 fully saturated rings. The Morgan fingerprint density at radius 1 is 0.963 bits per heavy atom. The number of rotatable bonds is 7. The number of aromatic nitrogens is 2. The molecular formula is C21H21ClN4O. The summed E-state index contributed by atoms with van der Waals surface area (Å²) in [5.41, 5.74) is 3.72. The zero-order chi connectivity index (χ0) is 19.1. The van der Waals surface area contributed by atoms with Gasteiger partial charge in [0.1, 0.15) is 0 Å². The number of carbonyl (C=O) groups is 1. The van der Waals surface area contributed by atoms with Crippen molar-refractivity contribution in [1.29, 1.82) is 0 Å². The van der Waals surface area contributed by atoms with Crippen molar-refractivity contribution in [2.24, 2.45) is 0 Å². The Hall–Kier alpha value is -2.92. The predicted molar refractivity (Wildman–Crippen MR) is 109 cm³/mol. The largest absolute Gasteiger partial charge is 0.352 e. The minimum Gasteiger partial charge on any atom is -0.352 e. The van der Waals surface area contributed by atoms with Gasteiger partial charge in [0.05, 0.1) is 5.56 Å². The maximum Gasteiger partial charge on any atom is 0.254 e. The molecule has 27 heavy (non-hydrogen) atoms. The topological polar surface area (TPSA) is 66.9 Å². The third kappa shape index (κ3) is 5.53. The van der Waals surface area contributed by atoms with E-state index >= 15 is 0 Å². The molecule has 0 radical (unpaired) electrons. The van der Waals surface area contributed by atoms with Gasteiger partial charge in [-0.05, 0) is 48.2 Å². The molecule has 0 spiro atoms. The van der Waals surface area contributed by atoms with Crippen LogP contribution in [0, 0.1) is 0 Å². The second kappa shape index (κ2) is 9.14. The van der Waals surface area contributed by atoms with E-state index in [4.69, 9.17) is 11.6 Å². The Morgan fingerprint density at radius 3 is 2.22 bits per heavy atom. The van der Waals surface area contributed by atoms with Gasteiger partial charge in [-0.15, -0.1) is 0 Å². The summed E-state index contributed by atoms with van der Waals surface area (Å²) in [6.45, 7) is 2.65. The van der Waals surface area contributed by atoms with Crippen molar-refractivity contribution < 1.29 is 4.79 Å². The highest BCUT2D eigenvalue weighted by Gasteiger charge is 2.07. The number of aryl methyl sites for hydroxylation is 1. The summed E-state index contributed by atoms with van der Waals surface area (Å²) < 4.78 is 0. The van der Waals surface area contributed by atoms with Crippen LogP contribution in [0.3, 0.4) is 0 Å². The average molecular weight is 381 g/mol. The van der Waals surface area contributed by atoms with Crippen LogP contribution in [0.4, 0.5) is 11.6 Å². The SMILES string of the molecule is CCc1ccc(Nc2ncc(C(=O)NCCc3ccc(Cl)cc3)cn2)cc1. The molecule has 6 heteroatoms. The Balaban J connectivity index is 1.51. The van der Waals surface area contributed by atoms with Gasteiger partial charge in [-0.25, -0.2) is 9.97 Å². The highest BCUT2D eigenvalue weighted by atomic mass is 35.5. The second-order valence-corrected chi connectivity index (χ2v) is 6.54. The Labute approximate surface area is 163 Å². The molecular weight excluding hydrogens is 360 g/mol. The molecule has 5 nitrogen and oxygen atoms in total. The molecule has 2 aromatic carbocycles. The van der Waals surface area contributed by atoms with Crippen LogP contribution >= 0.6 is 11.6 Å². The lowest BCUT2D eigenvalue weighted by atomic mass is 10.1. The Kier molecular flexibility index (Phi) is 6.39. The molecule has 3 rings (SSSR count). The van der Waals surface area contributed by atoms with Crippen LogP contribution in [-0.2, 0) is 12.8 Å². The lowest BCUT2D eigenvalue weighted by Gasteiger charge is -2.07. The van der Waals surface area contributed by atoms with Crippen molar-refractivity contribution in [2.45, 2.75) is 19.8 Å². The maximum absolute atomic E-state index is 12.2. The molecule has 3 aromatic rings. The van der Waals surface area contributed by atoms with Crippen LogP contribution in [0.2, 0.25) is 5.02 Å². The third-order valence-electron chi connectivity index (χ3n) is 4.14. The van der Waals surface area contributed by atoms with E-state index in [9.17, 15) is 4.79 Å². The number of anilines is 2. The van der Waals surface area contributed by atoms with Crippen LogP contribution in [0.15, 0.2) is 60.9 Å². The number of nitrogens with one attached hydrogen (secondary N) is 2. The van der Waals surface area contributed by atoms with Crippen molar-refractivity contribution >= 4 is 29.1 Å². The molecule has 138 valence electrons. The molecule has 1 heterocycles. The number of benzene rings is 2. The Morgan fingerprint density at radius 2 is 1.59 bits per heavy atom. The normalized spacial score (nSPS) is 10.4. The first-order chi connectivity index (χ1) is 13.1. The molecule has 0 unspecified atom stereocenters. The van der Waals surface area contributed by atoms with E-state index in [1.165, 1.54) is 18.0 Å². The smallest absolute Gasteiger partial charge is 0.254 e. The van der Waals surface area contributed by atoms with Crippen molar-refractivity contribution in [3.8, 4) is 0 Å². The summed E-state index contributed by atoms with van der Waals surface area (Å²) in [7, 11) is 0. The van der Waals surface area contributed by atoms with Crippen molar-refractivity contribution in [3.05, 3.63) is 82.6 Å². The second-order valence-electron chi connectivity index (χ2n) is 6.10. The van der Waals surface area contributed by atoms with Gasteiger partial charge in [0.25, 0.3) is 5.91 Å². The van der Waals surface area contributed by atoms with Gasteiger partial charge >= 0.3 is 0 Å². The predicted octanol–water partition coefficient (Wildman–Crippen LogP) is 4.41. The van der Waals surface area contributed by atoms with E-state index in [0.717, 1.165) is 24.1 Å². The van der Waals surface area contributed by atoms with Crippen LogP contribution < -0.4 is 10.6 Å². The van der Waals surface area contributed by atoms with Gasteiger partial charge in [-0.2, -0.15) is 0 Å².